The highest BCUT2D eigenvalue weighted by molar-refractivity contribution is 5.81. The largest absolute Gasteiger partial charge is 0.479 e. The minimum atomic E-state index is -1.56. The third kappa shape index (κ3) is 6.12. The van der Waals surface area contributed by atoms with E-state index in [1.54, 1.807) is 52.0 Å². The SMILES string of the molecule is CC(C)C(CCc1ccc(N)cc1)(N=NC(CCc1ccc(N)cc1)(C(=O)O)C(C)C)C(=O)O. The van der Waals surface area contributed by atoms with Gasteiger partial charge in [0.05, 0.1) is 0 Å². The zero-order valence-corrected chi connectivity index (χ0v) is 20.4. The molecule has 6 N–H and O–H groups in total. The number of azo groups is 1. The molecule has 0 aliphatic heterocycles. The van der Waals surface area contributed by atoms with Crippen LogP contribution in [0, 0.1) is 11.8 Å². The van der Waals surface area contributed by atoms with Crippen LogP contribution in [0.1, 0.15) is 51.7 Å². The minimum absolute atomic E-state index is 0.180. The lowest BCUT2D eigenvalue weighted by atomic mass is 9.80. The van der Waals surface area contributed by atoms with Gasteiger partial charge < -0.3 is 21.7 Å². The standard InChI is InChI=1S/C26H36N4O4/c1-17(2)25(23(31)32,15-13-19-5-9-21(27)10-6-19)29-30-26(18(3)4,24(33)34)16-14-20-7-11-22(28)12-8-20/h5-12,17-18H,13-16,27-28H2,1-4H3,(H,31,32)(H,33,34). The first kappa shape index (κ1) is 26.8. The summed E-state index contributed by atoms with van der Waals surface area (Å²) in [6, 6.07) is 14.5. The van der Waals surface area contributed by atoms with E-state index in [-0.39, 0.29) is 12.8 Å². The maximum absolute atomic E-state index is 12.5. The molecular weight excluding hydrogens is 432 g/mol. The molecule has 0 radical (unpaired) electrons. The van der Waals surface area contributed by atoms with E-state index in [1.165, 1.54) is 0 Å². The van der Waals surface area contributed by atoms with Crippen molar-refractivity contribution in [1.29, 1.82) is 0 Å². The molecule has 2 unspecified atom stereocenters. The van der Waals surface area contributed by atoms with Gasteiger partial charge in [-0.05, 0) is 72.9 Å². The van der Waals surface area contributed by atoms with E-state index >= 15 is 0 Å². The molecule has 8 nitrogen and oxygen atoms in total. The fraction of sp³-hybridized carbons (Fsp3) is 0.462. The Morgan fingerprint density at radius 2 is 1.00 bits per heavy atom. The van der Waals surface area contributed by atoms with Crippen molar-refractivity contribution in [3.8, 4) is 0 Å². The average Bonchev–Trinajstić information content (AvgIpc) is 2.77. The highest BCUT2D eigenvalue weighted by Crippen LogP contribution is 2.34. The number of nitrogens with two attached hydrogens (primary N) is 2. The van der Waals surface area contributed by atoms with Crippen molar-refractivity contribution in [2.24, 2.45) is 22.1 Å². The first-order valence-corrected chi connectivity index (χ1v) is 11.5. The number of carbonyl (C=O) groups is 2. The highest BCUT2D eigenvalue weighted by Gasteiger charge is 2.46. The fourth-order valence-electron chi connectivity index (χ4n) is 3.92. The monoisotopic (exact) mass is 468 g/mol. The van der Waals surface area contributed by atoms with Crippen LogP contribution in [-0.4, -0.2) is 33.2 Å². The van der Waals surface area contributed by atoms with Crippen molar-refractivity contribution in [2.75, 3.05) is 11.5 Å². The number of hydrogen-bond donors (Lipinski definition) is 4. The van der Waals surface area contributed by atoms with Crippen LogP contribution in [0.3, 0.4) is 0 Å². The van der Waals surface area contributed by atoms with Crippen LogP contribution < -0.4 is 11.5 Å². The van der Waals surface area contributed by atoms with Crippen LogP contribution >= 0.6 is 0 Å². The van der Waals surface area contributed by atoms with Crippen LogP contribution in [0.2, 0.25) is 0 Å². The molecule has 0 bridgehead atoms. The number of carboxylic acids is 2. The molecule has 0 aliphatic rings. The number of nitrogen functional groups attached to an aromatic ring is 2. The Labute approximate surface area is 201 Å². The van der Waals surface area contributed by atoms with E-state index in [9.17, 15) is 19.8 Å². The van der Waals surface area contributed by atoms with Crippen molar-refractivity contribution in [3.05, 3.63) is 59.7 Å². The van der Waals surface area contributed by atoms with Crippen LogP contribution in [0.15, 0.2) is 58.8 Å². The second-order valence-corrected chi connectivity index (χ2v) is 9.45. The topological polar surface area (TPSA) is 151 Å². The third-order valence-electron chi connectivity index (χ3n) is 6.61. The maximum Gasteiger partial charge on any atom is 0.333 e. The van der Waals surface area contributed by atoms with Crippen LogP contribution in [0.5, 0.6) is 0 Å². The lowest BCUT2D eigenvalue weighted by Crippen LogP contribution is -2.46. The van der Waals surface area contributed by atoms with Gasteiger partial charge in [0, 0.05) is 11.4 Å². The molecule has 0 aliphatic carbocycles. The lowest BCUT2D eigenvalue weighted by Gasteiger charge is -2.32. The molecule has 0 heterocycles. The Balaban J connectivity index is 2.40. The summed E-state index contributed by atoms with van der Waals surface area (Å²) in [5.41, 5.74) is 11.5. The summed E-state index contributed by atoms with van der Waals surface area (Å²) < 4.78 is 0. The summed E-state index contributed by atoms with van der Waals surface area (Å²) >= 11 is 0. The van der Waals surface area contributed by atoms with Gasteiger partial charge in [0.25, 0.3) is 0 Å². The molecule has 184 valence electrons. The van der Waals surface area contributed by atoms with E-state index in [4.69, 9.17) is 11.5 Å². The summed E-state index contributed by atoms with van der Waals surface area (Å²) in [7, 11) is 0. The highest BCUT2D eigenvalue weighted by atomic mass is 16.4. The lowest BCUT2D eigenvalue weighted by molar-refractivity contribution is -0.148. The van der Waals surface area contributed by atoms with E-state index in [2.05, 4.69) is 10.2 Å². The molecule has 0 saturated heterocycles. The smallest absolute Gasteiger partial charge is 0.333 e. The zero-order valence-electron chi connectivity index (χ0n) is 20.4. The summed E-state index contributed by atoms with van der Waals surface area (Å²) in [6.07, 6.45) is 1.24. The molecule has 2 rings (SSSR count). The normalized spacial score (nSPS) is 15.4. The molecule has 0 aromatic heterocycles. The zero-order chi connectivity index (χ0) is 25.5. The fourth-order valence-corrected chi connectivity index (χ4v) is 3.92. The molecule has 8 heteroatoms. The Morgan fingerprint density at radius 1 is 0.706 bits per heavy atom. The molecule has 0 spiro atoms. The van der Waals surface area contributed by atoms with Gasteiger partial charge in [-0.25, -0.2) is 9.59 Å². The predicted octanol–water partition coefficient (Wildman–Crippen LogP) is 4.83. The minimum Gasteiger partial charge on any atom is -0.479 e. The number of aliphatic carboxylic acids is 2. The first-order chi connectivity index (χ1) is 15.9. The van der Waals surface area contributed by atoms with Crippen LogP contribution in [0.4, 0.5) is 11.4 Å². The number of benzene rings is 2. The second-order valence-electron chi connectivity index (χ2n) is 9.45. The Bertz CT molecular complexity index is 921. The van der Waals surface area contributed by atoms with Crippen molar-refractivity contribution < 1.29 is 19.8 Å². The van der Waals surface area contributed by atoms with Gasteiger partial charge in [0.1, 0.15) is 0 Å². The number of hydrogen-bond acceptors (Lipinski definition) is 6. The quantitative estimate of drug-likeness (QED) is 0.259. The molecule has 2 aromatic rings. The van der Waals surface area contributed by atoms with Gasteiger partial charge in [0.15, 0.2) is 11.1 Å². The van der Waals surface area contributed by atoms with Gasteiger partial charge in [-0.2, -0.15) is 10.2 Å². The Hall–Kier alpha value is -3.42. The molecule has 0 fully saturated rings. The number of carboxylic acid groups (broad SMARTS) is 2. The number of anilines is 2. The van der Waals surface area contributed by atoms with Gasteiger partial charge in [-0.3, -0.25) is 0 Å². The molecule has 2 aromatic carbocycles. The van der Waals surface area contributed by atoms with Crippen molar-refractivity contribution in [3.63, 3.8) is 0 Å². The van der Waals surface area contributed by atoms with Gasteiger partial charge in [-0.15, -0.1) is 0 Å². The summed E-state index contributed by atoms with van der Waals surface area (Å²) in [5, 5.41) is 29.0. The van der Waals surface area contributed by atoms with Crippen molar-refractivity contribution in [2.45, 2.75) is 64.5 Å². The van der Waals surface area contributed by atoms with E-state index in [1.807, 2.05) is 24.3 Å². The molecule has 0 amide bonds. The molecular formula is C26H36N4O4. The summed E-state index contributed by atoms with van der Waals surface area (Å²) in [4.78, 5) is 24.9. The van der Waals surface area contributed by atoms with Gasteiger partial charge >= 0.3 is 11.9 Å². The van der Waals surface area contributed by atoms with E-state index in [0.29, 0.717) is 24.2 Å². The molecule has 2 atom stereocenters. The second kappa shape index (κ2) is 11.1. The number of rotatable bonds is 12. The van der Waals surface area contributed by atoms with Crippen molar-refractivity contribution >= 4 is 23.3 Å². The number of nitrogens with zero attached hydrogens (tertiary/aromatic N) is 2. The summed E-state index contributed by atoms with van der Waals surface area (Å²) in [6.45, 7) is 7.06. The Kier molecular flexibility index (Phi) is 8.79. The molecule has 0 saturated carbocycles. The van der Waals surface area contributed by atoms with E-state index in [0.717, 1.165) is 11.1 Å². The predicted molar refractivity (Wildman–Crippen MR) is 134 cm³/mol. The van der Waals surface area contributed by atoms with Crippen molar-refractivity contribution in [1.82, 2.24) is 0 Å². The summed E-state index contributed by atoms with van der Waals surface area (Å²) in [5.74, 6) is -3.05. The first-order valence-electron chi connectivity index (χ1n) is 11.5. The van der Waals surface area contributed by atoms with Gasteiger partial charge in [-0.1, -0.05) is 52.0 Å². The average molecular weight is 469 g/mol. The van der Waals surface area contributed by atoms with Crippen LogP contribution in [0.25, 0.3) is 0 Å². The molecule has 34 heavy (non-hydrogen) atoms. The van der Waals surface area contributed by atoms with Crippen LogP contribution in [-0.2, 0) is 22.4 Å². The maximum atomic E-state index is 12.5. The van der Waals surface area contributed by atoms with Gasteiger partial charge in [0.2, 0.25) is 0 Å². The number of aryl methyl sites for hydroxylation is 2. The Morgan fingerprint density at radius 3 is 1.24 bits per heavy atom. The van der Waals surface area contributed by atoms with E-state index < -0.39 is 34.9 Å². The third-order valence-corrected chi connectivity index (χ3v) is 6.61.